The predicted octanol–water partition coefficient (Wildman–Crippen LogP) is 6.27. The molecule has 0 radical (unpaired) electrons. The second-order valence-corrected chi connectivity index (χ2v) is 16.2. The number of nitrogens with zero attached hydrogens (tertiary/aromatic N) is 4. The molecule has 2 aliphatic rings. The SMILES string of the molecule is COc1nn(C)cc1C(=O)NS1(=O)=NC(=O)c2ccc3c(c2)N(Cc2ccc(Cl)cc2CCCCO3)C[C@H](C)[C@@H](C)[C@H](OC)[C@@H](OC)/C=C\[C@H](C)C1. The van der Waals surface area contributed by atoms with Crippen LogP contribution in [0.25, 0.3) is 0 Å². The van der Waals surface area contributed by atoms with E-state index < -0.39 is 27.8 Å². The highest BCUT2D eigenvalue weighted by molar-refractivity contribution is 7.92. The minimum atomic E-state index is -3.70. The lowest BCUT2D eigenvalue weighted by molar-refractivity contribution is -0.0504. The van der Waals surface area contributed by atoms with Crippen molar-refractivity contribution in [3.63, 3.8) is 0 Å². The van der Waals surface area contributed by atoms with Crippen LogP contribution < -0.4 is 19.1 Å². The number of rotatable bonds is 5. The Kier molecular flexibility index (Phi) is 13.1. The number of carbonyl (C=O) groups excluding carboxylic acids is 2. The maximum atomic E-state index is 14.7. The van der Waals surface area contributed by atoms with E-state index in [9.17, 15) is 13.8 Å². The molecular formula is C38H50ClN5O7S. The van der Waals surface area contributed by atoms with E-state index in [-0.39, 0.29) is 46.6 Å². The van der Waals surface area contributed by atoms with Crippen molar-refractivity contribution in [3.05, 3.63) is 82.0 Å². The summed E-state index contributed by atoms with van der Waals surface area (Å²) in [4.78, 5) is 29.8. The number of fused-ring (bicyclic) bond motifs is 2. The Balaban J connectivity index is 1.67. The molecule has 2 amide bonds. The molecule has 0 aliphatic carbocycles. The largest absolute Gasteiger partial charge is 0.491 e. The van der Waals surface area contributed by atoms with E-state index in [2.05, 4.69) is 39.0 Å². The quantitative estimate of drug-likeness (QED) is 0.300. The summed E-state index contributed by atoms with van der Waals surface area (Å²) >= 11 is 6.47. The van der Waals surface area contributed by atoms with Crippen LogP contribution in [0.5, 0.6) is 11.6 Å². The zero-order valence-electron chi connectivity index (χ0n) is 31.0. The number of hydrogen-bond donors (Lipinski definition) is 1. The molecule has 2 aromatic carbocycles. The van der Waals surface area contributed by atoms with Gasteiger partial charge in [-0.05, 0) is 78.5 Å². The molecule has 14 heteroatoms. The van der Waals surface area contributed by atoms with Gasteiger partial charge in [-0.1, -0.05) is 50.6 Å². The molecule has 282 valence electrons. The zero-order valence-corrected chi connectivity index (χ0v) is 32.5. The molecule has 12 nitrogen and oxygen atoms in total. The fourth-order valence-electron chi connectivity index (χ4n) is 6.84. The van der Waals surface area contributed by atoms with Gasteiger partial charge in [0.05, 0.1) is 31.3 Å². The van der Waals surface area contributed by atoms with Gasteiger partial charge in [0.15, 0.2) is 0 Å². The van der Waals surface area contributed by atoms with Crippen molar-refractivity contribution in [3.8, 4) is 11.6 Å². The smallest absolute Gasteiger partial charge is 0.286 e. The number of aryl methyl sites for hydroxylation is 2. The van der Waals surface area contributed by atoms with Gasteiger partial charge >= 0.3 is 0 Å². The van der Waals surface area contributed by atoms with Gasteiger partial charge < -0.3 is 23.8 Å². The number of carbonyl (C=O) groups is 2. The number of amides is 2. The Morgan fingerprint density at radius 3 is 2.56 bits per heavy atom. The first-order valence-corrected chi connectivity index (χ1v) is 19.6. The second-order valence-electron chi connectivity index (χ2n) is 13.7. The molecule has 0 saturated carbocycles. The predicted molar refractivity (Wildman–Crippen MR) is 203 cm³/mol. The van der Waals surface area contributed by atoms with Crippen LogP contribution in [-0.4, -0.2) is 78.2 Å². The van der Waals surface area contributed by atoms with Gasteiger partial charge in [0, 0.05) is 51.1 Å². The van der Waals surface area contributed by atoms with E-state index in [1.165, 1.54) is 23.6 Å². The van der Waals surface area contributed by atoms with Gasteiger partial charge in [-0.25, -0.2) is 4.21 Å². The summed E-state index contributed by atoms with van der Waals surface area (Å²) in [7, 11) is 2.64. The number of ether oxygens (including phenoxy) is 4. The van der Waals surface area contributed by atoms with Crippen molar-refractivity contribution >= 4 is 39.0 Å². The highest BCUT2D eigenvalue weighted by Crippen LogP contribution is 2.36. The van der Waals surface area contributed by atoms with Crippen LogP contribution in [0, 0.1) is 17.8 Å². The van der Waals surface area contributed by atoms with Crippen LogP contribution in [0.1, 0.15) is 65.5 Å². The van der Waals surface area contributed by atoms with Crippen molar-refractivity contribution < 1.29 is 32.7 Å². The average Bonchev–Trinajstić information content (AvgIpc) is 3.49. The molecule has 0 fully saturated rings. The standard InChI is InChI=1S/C38H50ClN5O7S/c1-24-11-15-34(48-5)35(49-6)26(3)25(2)20-44-21-29-12-14-30(39)18-27(29)10-8-9-17-51-33-16-13-28(19-32(33)44)36(45)41-52(47,23-24)42-37(46)31-22-43(4)40-38(31)50-7/h11-16,18-19,22,24-26,34-35H,8-10,17,20-21,23H2,1-7H3,(H,41,42,45,46,47)/b15-11-/t24-,25-,26+,34-,35-,52?/m0/s1. The first-order valence-electron chi connectivity index (χ1n) is 17.6. The minimum Gasteiger partial charge on any atom is -0.491 e. The first-order chi connectivity index (χ1) is 24.8. The van der Waals surface area contributed by atoms with E-state index in [4.69, 9.17) is 30.5 Å². The fraction of sp³-hybridized carbons (Fsp3) is 0.500. The number of benzene rings is 2. The molecule has 6 atom stereocenters. The average molecular weight is 756 g/mol. The van der Waals surface area contributed by atoms with Gasteiger partial charge in [0.1, 0.15) is 27.3 Å². The lowest BCUT2D eigenvalue weighted by Crippen LogP contribution is -2.41. The van der Waals surface area contributed by atoms with Crippen LogP contribution in [0.3, 0.4) is 0 Å². The number of aromatic nitrogens is 2. The van der Waals surface area contributed by atoms with E-state index in [0.29, 0.717) is 36.2 Å². The molecule has 1 aromatic heterocycles. The number of hydrogen-bond acceptors (Lipinski definition) is 9. The highest BCUT2D eigenvalue weighted by Gasteiger charge is 2.32. The highest BCUT2D eigenvalue weighted by atomic mass is 35.5. The van der Waals surface area contributed by atoms with Gasteiger partial charge in [0.25, 0.3) is 11.8 Å². The molecule has 5 rings (SSSR count). The van der Waals surface area contributed by atoms with Crippen LogP contribution >= 0.6 is 11.6 Å². The molecule has 1 unspecified atom stereocenters. The van der Waals surface area contributed by atoms with E-state index >= 15 is 0 Å². The molecule has 3 heterocycles. The number of methoxy groups -OCH3 is 3. The summed E-state index contributed by atoms with van der Waals surface area (Å²) < 4.78 is 46.5. The molecule has 2 bridgehead atoms. The maximum Gasteiger partial charge on any atom is 0.286 e. The normalized spacial score (nSPS) is 26.6. The van der Waals surface area contributed by atoms with E-state index in [0.717, 1.165) is 24.8 Å². The Bertz CT molecular complexity index is 1910. The third-order valence-electron chi connectivity index (χ3n) is 9.80. The topological polar surface area (TPSA) is 134 Å². The second kappa shape index (κ2) is 17.3. The summed E-state index contributed by atoms with van der Waals surface area (Å²) in [5.74, 6) is -1.20. The lowest BCUT2D eigenvalue weighted by Gasteiger charge is -2.36. The van der Waals surface area contributed by atoms with Crippen LogP contribution in [-0.2, 0) is 39.4 Å². The van der Waals surface area contributed by atoms with Gasteiger partial charge in [-0.15, -0.1) is 9.46 Å². The van der Waals surface area contributed by atoms with Crippen molar-refractivity contribution in [2.75, 3.05) is 45.1 Å². The number of anilines is 1. The van der Waals surface area contributed by atoms with Gasteiger partial charge in [-0.2, -0.15) is 0 Å². The van der Waals surface area contributed by atoms with Crippen molar-refractivity contribution in [2.45, 2.75) is 58.8 Å². The Labute approximate surface area is 312 Å². The Morgan fingerprint density at radius 2 is 1.83 bits per heavy atom. The molecule has 0 saturated heterocycles. The molecule has 1 N–H and O–H groups in total. The zero-order chi connectivity index (χ0) is 37.6. The molecular weight excluding hydrogens is 706 g/mol. The summed E-state index contributed by atoms with van der Waals surface area (Å²) in [6.45, 7) is 7.78. The Hall–Kier alpha value is -3.91. The van der Waals surface area contributed by atoms with Crippen molar-refractivity contribution in [1.82, 2.24) is 14.5 Å². The van der Waals surface area contributed by atoms with Gasteiger partial charge in [0.2, 0.25) is 5.88 Å². The molecule has 2 aliphatic heterocycles. The third-order valence-corrected chi connectivity index (χ3v) is 12.0. The molecule has 3 aromatic rings. The maximum absolute atomic E-state index is 14.7. The minimum absolute atomic E-state index is 0.0211. The lowest BCUT2D eigenvalue weighted by atomic mass is 9.86. The summed E-state index contributed by atoms with van der Waals surface area (Å²) in [5.41, 5.74) is 3.27. The van der Waals surface area contributed by atoms with Crippen molar-refractivity contribution in [1.29, 1.82) is 0 Å². The van der Waals surface area contributed by atoms with E-state index in [1.807, 2.05) is 31.2 Å². The third kappa shape index (κ3) is 9.35. The molecule has 52 heavy (non-hydrogen) atoms. The van der Waals surface area contributed by atoms with Gasteiger partial charge in [-0.3, -0.25) is 19.0 Å². The number of nitrogens with one attached hydrogen (secondary N) is 1. The fourth-order valence-corrected chi connectivity index (χ4v) is 8.83. The first kappa shape index (κ1) is 39.3. The van der Waals surface area contributed by atoms with E-state index in [1.54, 1.807) is 39.5 Å². The van der Waals surface area contributed by atoms with Crippen LogP contribution in [0.2, 0.25) is 5.02 Å². The summed E-state index contributed by atoms with van der Waals surface area (Å²) in [6, 6.07) is 11.1. The van der Waals surface area contributed by atoms with Crippen LogP contribution in [0.4, 0.5) is 5.69 Å². The molecule has 0 spiro atoms. The summed E-state index contributed by atoms with van der Waals surface area (Å²) in [5, 5.41) is 4.82. The monoisotopic (exact) mass is 755 g/mol. The van der Waals surface area contributed by atoms with Crippen molar-refractivity contribution in [2.24, 2.45) is 29.2 Å². The van der Waals surface area contributed by atoms with Crippen LogP contribution in [0.15, 0.2) is 59.1 Å². The Morgan fingerprint density at radius 1 is 1.04 bits per heavy atom. The summed E-state index contributed by atoms with van der Waals surface area (Å²) in [6.07, 6.45) is 7.07. The number of halogens is 1. The number of allylic oxidation sites excluding steroid dienone is 1.